The molecule has 4 aliphatic heterocycles. The molecule has 4 aliphatic rings. The lowest BCUT2D eigenvalue weighted by Crippen LogP contribution is -2.47. The Morgan fingerprint density at radius 3 is 1.97 bits per heavy atom. The van der Waals surface area contributed by atoms with Crippen LogP contribution in [0.1, 0.15) is 43.7 Å². The fourth-order valence-corrected chi connectivity index (χ4v) is 5.66. The first kappa shape index (κ1) is 18.2. The minimum Gasteiger partial charge on any atom is -0.341 e. The van der Waals surface area contributed by atoms with Gasteiger partial charge in [-0.3, -0.25) is 4.79 Å². The van der Waals surface area contributed by atoms with E-state index in [4.69, 9.17) is 15.0 Å². The lowest BCUT2D eigenvalue weighted by molar-refractivity contribution is 0.279. The van der Waals surface area contributed by atoms with Gasteiger partial charge in [-0.2, -0.15) is 15.0 Å². The topological polar surface area (TPSA) is 70.4 Å². The number of nitrogens with zero attached hydrogens (tertiary/aromatic N) is 7. The normalized spacial score (nSPS) is 25.7. The highest BCUT2D eigenvalue weighted by atomic mass is 16.1. The molecular formula is C22H29N7O. The third-order valence-corrected chi connectivity index (χ3v) is 7.14. The summed E-state index contributed by atoms with van der Waals surface area (Å²) in [5.41, 5.74) is 1.29. The van der Waals surface area contributed by atoms with E-state index in [0.29, 0.717) is 11.8 Å². The summed E-state index contributed by atoms with van der Waals surface area (Å²) in [7, 11) is 0. The van der Waals surface area contributed by atoms with E-state index in [9.17, 15) is 4.79 Å². The number of anilines is 3. The standard InChI is InChI=1S/C22H29N7O/c30-19-7-5-6-18-17-12-16(14-29(18)19)13-28(15-17)22-24-20(26-8-1-2-9-26)23-21(25-22)27-10-3-4-11-27/h5-7,16-17H,1-4,8-15H2/t16-,17-/m0/s1. The number of fused-ring (bicyclic) bond motifs is 4. The van der Waals surface area contributed by atoms with Gasteiger partial charge < -0.3 is 19.3 Å². The number of hydrogen-bond donors (Lipinski definition) is 0. The smallest absolute Gasteiger partial charge is 0.250 e. The molecule has 2 aromatic heterocycles. The predicted octanol–water partition coefficient (Wildman–Crippen LogP) is 1.86. The van der Waals surface area contributed by atoms with Crippen molar-refractivity contribution in [2.24, 2.45) is 5.92 Å². The van der Waals surface area contributed by atoms with Crippen molar-refractivity contribution in [2.75, 3.05) is 54.0 Å². The van der Waals surface area contributed by atoms with Crippen LogP contribution in [0.2, 0.25) is 0 Å². The van der Waals surface area contributed by atoms with E-state index in [1.807, 2.05) is 10.6 Å². The molecule has 0 N–H and O–H groups in total. The average molecular weight is 408 g/mol. The lowest BCUT2D eigenvalue weighted by Gasteiger charge is -2.42. The van der Waals surface area contributed by atoms with Crippen molar-refractivity contribution in [1.82, 2.24) is 19.5 Å². The fourth-order valence-electron chi connectivity index (χ4n) is 5.66. The van der Waals surface area contributed by atoms with Crippen LogP contribution in [0, 0.1) is 5.92 Å². The summed E-state index contributed by atoms with van der Waals surface area (Å²) in [6.45, 7) is 6.69. The Labute approximate surface area is 176 Å². The Hall–Kier alpha value is -2.64. The molecule has 0 saturated carbocycles. The van der Waals surface area contributed by atoms with Crippen LogP contribution in [0.4, 0.5) is 17.8 Å². The number of rotatable bonds is 3. The number of aromatic nitrogens is 4. The van der Waals surface area contributed by atoms with Crippen LogP contribution >= 0.6 is 0 Å². The van der Waals surface area contributed by atoms with Gasteiger partial charge in [-0.25, -0.2) is 0 Å². The third-order valence-electron chi connectivity index (χ3n) is 7.14. The predicted molar refractivity (Wildman–Crippen MR) is 116 cm³/mol. The second-order valence-corrected chi connectivity index (χ2v) is 9.23. The second-order valence-electron chi connectivity index (χ2n) is 9.23. The molecule has 2 aromatic rings. The highest BCUT2D eigenvalue weighted by molar-refractivity contribution is 5.48. The molecule has 0 radical (unpaired) electrons. The van der Waals surface area contributed by atoms with Crippen LogP contribution in [0.25, 0.3) is 0 Å². The Kier molecular flexibility index (Phi) is 4.39. The van der Waals surface area contributed by atoms with Crippen LogP contribution in [0.5, 0.6) is 0 Å². The molecule has 8 nitrogen and oxygen atoms in total. The summed E-state index contributed by atoms with van der Waals surface area (Å²) in [5.74, 6) is 3.31. The molecule has 158 valence electrons. The summed E-state index contributed by atoms with van der Waals surface area (Å²) in [4.78, 5) is 34.1. The van der Waals surface area contributed by atoms with Crippen molar-refractivity contribution in [3.8, 4) is 0 Å². The van der Waals surface area contributed by atoms with Gasteiger partial charge >= 0.3 is 0 Å². The fraction of sp³-hybridized carbons (Fsp3) is 0.636. The zero-order valence-corrected chi connectivity index (χ0v) is 17.4. The first-order valence-corrected chi connectivity index (χ1v) is 11.5. The number of pyridine rings is 1. The zero-order valence-electron chi connectivity index (χ0n) is 17.4. The van der Waals surface area contributed by atoms with Crippen LogP contribution in [-0.4, -0.2) is 58.8 Å². The largest absolute Gasteiger partial charge is 0.341 e. The van der Waals surface area contributed by atoms with Crippen LogP contribution in [0.3, 0.4) is 0 Å². The average Bonchev–Trinajstić information content (AvgIpc) is 3.49. The first-order chi connectivity index (χ1) is 14.7. The van der Waals surface area contributed by atoms with Gasteiger partial charge in [0.1, 0.15) is 0 Å². The van der Waals surface area contributed by atoms with E-state index in [1.54, 1.807) is 6.07 Å². The summed E-state index contributed by atoms with van der Waals surface area (Å²) < 4.78 is 1.98. The van der Waals surface area contributed by atoms with Gasteiger partial charge in [-0.1, -0.05) is 6.07 Å². The molecule has 3 fully saturated rings. The van der Waals surface area contributed by atoms with Crippen molar-refractivity contribution in [3.05, 3.63) is 34.2 Å². The molecule has 0 amide bonds. The Balaban J connectivity index is 1.35. The van der Waals surface area contributed by atoms with E-state index < -0.39 is 0 Å². The molecule has 0 aliphatic carbocycles. The summed E-state index contributed by atoms with van der Waals surface area (Å²) in [5, 5.41) is 0. The molecule has 0 spiro atoms. The third kappa shape index (κ3) is 3.13. The maximum atomic E-state index is 12.3. The molecule has 8 heteroatoms. The summed E-state index contributed by atoms with van der Waals surface area (Å²) in [6, 6.07) is 5.69. The van der Waals surface area contributed by atoms with Gasteiger partial charge in [0.05, 0.1) is 0 Å². The van der Waals surface area contributed by atoms with E-state index >= 15 is 0 Å². The van der Waals surface area contributed by atoms with Crippen LogP contribution in [-0.2, 0) is 6.54 Å². The molecule has 6 rings (SSSR count). The van der Waals surface area contributed by atoms with Crippen molar-refractivity contribution in [3.63, 3.8) is 0 Å². The molecule has 0 aromatic carbocycles. The molecule has 6 heterocycles. The Morgan fingerprint density at radius 1 is 0.733 bits per heavy atom. The molecule has 0 unspecified atom stereocenters. The van der Waals surface area contributed by atoms with Crippen LogP contribution < -0.4 is 20.3 Å². The van der Waals surface area contributed by atoms with Gasteiger partial charge in [0.2, 0.25) is 17.8 Å². The van der Waals surface area contributed by atoms with Gasteiger partial charge in [-0.15, -0.1) is 0 Å². The minimum absolute atomic E-state index is 0.128. The SMILES string of the molecule is O=c1cccc2n1C[C@H]1C[C@H]2CN(c2nc(N3CCCC3)nc(N3CCCC3)n2)C1. The van der Waals surface area contributed by atoms with Gasteiger partial charge in [0.25, 0.3) is 5.56 Å². The van der Waals surface area contributed by atoms with E-state index in [1.165, 1.54) is 25.7 Å². The van der Waals surface area contributed by atoms with E-state index in [-0.39, 0.29) is 5.56 Å². The maximum absolute atomic E-state index is 12.3. The monoisotopic (exact) mass is 407 g/mol. The number of piperidine rings is 1. The van der Waals surface area contributed by atoms with Gasteiger partial charge in [0, 0.05) is 63.5 Å². The first-order valence-electron chi connectivity index (χ1n) is 11.5. The van der Waals surface area contributed by atoms with Crippen molar-refractivity contribution < 1.29 is 0 Å². The molecule has 2 atom stereocenters. The van der Waals surface area contributed by atoms with Gasteiger partial charge in [-0.05, 0) is 44.1 Å². The van der Waals surface area contributed by atoms with Crippen molar-refractivity contribution in [2.45, 2.75) is 44.6 Å². The Bertz CT molecular complexity index is 959. The molecular weight excluding hydrogens is 378 g/mol. The van der Waals surface area contributed by atoms with Crippen molar-refractivity contribution >= 4 is 17.8 Å². The Morgan fingerprint density at radius 2 is 1.33 bits per heavy atom. The molecule has 2 bridgehead atoms. The van der Waals surface area contributed by atoms with Crippen molar-refractivity contribution in [1.29, 1.82) is 0 Å². The quantitative estimate of drug-likeness (QED) is 0.769. The number of hydrogen-bond acceptors (Lipinski definition) is 7. The van der Waals surface area contributed by atoms with E-state index in [0.717, 1.165) is 75.8 Å². The van der Waals surface area contributed by atoms with E-state index in [2.05, 4.69) is 20.8 Å². The summed E-state index contributed by atoms with van der Waals surface area (Å²) >= 11 is 0. The van der Waals surface area contributed by atoms with Gasteiger partial charge in [0.15, 0.2) is 0 Å². The lowest BCUT2D eigenvalue weighted by atomic mass is 9.83. The minimum atomic E-state index is 0.128. The highest BCUT2D eigenvalue weighted by Crippen LogP contribution is 2.36. The second kappa shape index (κ2) is 7.25. The summed E-state index contributed by atoms with van der Waals surface area (Å²) in [6.07, 6.45) is 5.97. The molecule has 3 saturated heterocycles. The maximum Gasteiger partial charge on any atom is 0.250 e. The molecule has 30 heavy (non-hydrogen) atoms. The van der Waals surface area contributed by atoms with Crippen LogP contribution in [0.15, 0.2) is 23.0 Å². The highest BCUT2D eigenvalue weighted by Gasteiger charge is 2.36. The zero-order chi connectivity index (χ0) is 20.1.